The summed E-state index contributed by atoms with van der Waals surface area (Å²) in [5.74, 6) is 0. The molecule has 0 spiro atoms. The molecule has 0 aliphatic heterocycles. The Morgan fingerprint density at radius 3 is 2.33 bits per heavy atom. The van der Waals surface area contributed by atoms with E-state index in [1.807, 2.05) is 0 Å². The normalized spacial score (nSPS) is 7.44. The fourth-order valence-corrected chi connectivity index (χ4v) is 0.458. The van der Waals surface area contributed by atoms with Gasteiger partial charge < -0.3 is 4.74 Å². The molecule has 0 heterocycles. The molecular weight excluding hydrogens is 169 g/mol. The monoisotopic (exact) mass is 177 g/mol. The number of nitrogens with zero attached hydrogens (tertiary/aromatic N) is 1. The van der Waals surface area contributed by atoms with Gasteiger partial charge in [-0.3, -0.25) is 0 Å². The zero-order chi connectivity index (χ0) is 6.57. The molecule has 0 saturated carbocycles. The number of hydrogen-bond donors (Lipinski definition) is 1. The first kappa shape index (κ1) is 12.6. The van der Waals surface area contributed by atoms with E-state index in [0.29, 0.717) is 0 Å². The van der Waals surface area contributed by atoms with Crippen LogP contribution in [-0.4, -0.2) is 52.7 Å². The first-order valence-electron chi connectivity index (χ1n) is 1.83. The summed E-state index contributed by atoms with van der Waals surface area (Å²) in [6.07, 6.45) is 1.27. The van der Waals surface area contributed by atoms with Gasteiger partial charge in [0.05, 0.1) is 7.11 Å². The predicted molar refractivity (Wildman–Crippen MR) is 43.9 cm³/mol. The molecule has 0 aliphatic carbocycles. The Bertz CT molecular complexity index is 91.9. The van der Waals surface area contributed by atoms with Crippen LogP contribution in [0.3, 0.4) is 0 Å². The third-order valence-electron chi connectivity index (χ3n) is 0.504. The van der Waals surface area contributed by atoms with Gasteiger partial charge >= 0.3 is 35.7 Å². The molecule has 0 unspecified atom stereocenters. The van der Waals surface area contributed by atoms with E-state index in [0.717, 1.165) is 3.71 Å². The Kier molecular flexibility index (Phi) is 9.94. The summed E-state index contributed by atoms with van der Waals surface area (Å²) in [4.78, 5) is 10.3. The summed E-state index contributed by atoms with van der Waals surface area (Å²) in [6.45, 7) is 0. The fourth-order valence-electron chi connectivity index (χ4n) is 0.153. The van der Waals surface area contributed by atoms with Crippen LogP contribution in [0.1, 0.15) is 0 Å². The maximum atomic E-state index is 10.3. The Morgan fingerprint density at radius 2 is 2.22 bits per heavy atom. The summed E-state index contributed by atoms with van der Waals surface area (Å²) in [5, 5.41) is 0. The summed E-state index contributed by atoms with van der Waals surface area (Å²) in [7, 11) is 1.31. The molecule has 0 radical (unpaired) electrons. The number of methoxy groups -OCH3 is 1. The van der Waals surface area contributed by atoms with Crippen molar-refractivity contribution < 1.29 is 9.53 Å². The van der Waals surface area contributed by atoms with Crippen LogP contribution >= 0.6 is 24.8 Å². The molecule has 3 nitrogen and oxygen atoms in total. The molecule has 0 atom stereocenters. The molecule has 1 amide bonds. The third-order valence-corrected chi connectivity index (χ3v) is 1.65. The quantitative estimate of drug-likeness (QED) is 0.360. The number of carbonyl (C=O) groups excluding carboxylic acids is 1. The maximum absolute atomic E-state index is 10.3. The van der Waals surface area contributed by atoms with Gasteiger partial charge in [0.15, 0.2) is 0 Å². The van der Waals surface area contributed by atoms with Gasteiger partial charge in [0.1, 0.15) is 0 Å². The van der Waals surface area contributed by atoms with Gasteiger partial charge in [0, 0.05) is 6.26 Å². The molecule has 9 heavy (non-hydrogen) atoms. The molecule has 0 rings (SSSR count). The Balaban J connectivity index is 0. The van der Waals surface area contributed by atoms with E-state index in [2.05, 4.69) is 17.6 Å². The van der Waals surface area contributed by atoms with Crippen LogP contribution in [0.15, 0.2) is 0 Å². The summed E-state index contributed by atoms with van der Waals surface area (Å²) >= 11 is 4.91. The van der Waals surface area contributed by atoms with E-state index in [9.17, 15) is 4.79 Å². The van der Waals surface area contributed by atoms with E-state index < -0.39 is 6.09 Å². The van der Waals surface area contributed by atoms with Crippen molar-refractivity contribution in [3.05, 3.63) is 0 Å². The Labute approximate surface area is 86.5 Å². The van der Waals surface area contributed by atoms with Gasteiger partial charge in [-0.25, -0.2) is 4.79 Å². The van der Waals surface area contributed by atoms with Gasteiger partial charge in [0.25, 0.3) is 0 Å². The van der Waals surface area contributed by atoms with Crippen molar-refractivity contribution in [2.24, 2.45) is 0 Å². The summed E-state index contributed by atoms with van der Waals surface area (Å²) in [6, 6.07) is 0. The first-order chi connectivity index (χ1) is 3.72. The summed E-state index contributed by atoms with van der Waals surface area (Å²) in [5.41, 5.74) is 0. The van der Waals surface area contributed by atoms with Gasteiger partial charge in [-0.2, -0.15) is 3.71 Å². The van der Waals surface area contributed by atoms with E-state index in [-0.39, 0.29) is 29.6 Å². The van der Waals surface area contributed by atoms with Crippen molar-refractivity contribution >= 4 is 60.4 Å². The molecule has 0 aliphatic rings. The van der Waals surface area contributed by atoms with Crippen molar-refractivity contribution in [1.82, 2.24) is 3.71 Å². The van der Waals surface area contributed by atoms with Gasteiger partial charge in [-0.05, 0) is 24.8 Å². The fraction of sp³-hybridized carbons (Fsp3) is 0.667. The van der Waals surface area contributed by atoms with Crippen LogP contribution in [0, 0.1) is 0 Å². The SMILES string of the molecule is COC(=O)N(S)SC.[NaH]. The Morgan fingerprint density at radius 1 is 1.78 bits per heavy atom. The predicted octanol–water partition coefficient (Wildman–Crippen LogP) is 0.529. The van der Waals surface area contributed by atoms with E-state index >= 15 is 0 Å². The number of ether oxygens (including phenoxy) is 1. The number of hydrogen-bond acceptors (Lipinski definition) is 4. The second kappa shape index (κ2) is 7.08. The zero-order valence-electron chi connectivity index (χ0n) is 4.62. The van der Waals surface area contributed by atoms with Crippen LogP contribution < -0.4 is 0 Å². The third kappa shape index (κ3) is 5.42. The van der Waals surface area contributed by atoms with Crippen molar-refractivity contribution in [2.75, 3.05) is 13.4 Å². The number of rotatable bonds is 1. The van der Waals surface area contributed by atoms with Crippen LogP contribution in [0.5, 0.6) is 0 Å². The topological polar surface area (TPSA) is 29.5 Å². The van der Waals surface area contributed by atoms with Crippen LogP contribution in [0.2, 0.25) is 0 Å². The van der Waals surface area contributed by atoms with Gasteiger partial charge in [-0.1, -0.05) is 0 Å². The van der Waals surface area contributed by atoms with Crippen molar-refractivity contribution in [2.45, 2.75) is 0 Å². The van der Waals surface area contributed by atoms with Crippen molar-refractivity contribution in [3.8, 4) is 0 Å². The molecule has 0 N–H and O–H groups in total. The van der Waals surface area contributed by atoms with Crippen LogP contribution in [-0.2, 0) is 4.74 Å². The second-order valence-electron chi connectivity index (χ2n) is 0.926. The van der Waals surface area contributed by atoms with E-state index in [1.165, 1.54) is 19.1 Å². The number of carbonyl (C=O) groups is 1. The average Bonchev–Trinajstić information content (AvgIpc) is 1.84. The molecule has 0 bridgehead atoms. The standard InChI is InChI=1S/C3H7NO2S2.Na.H/c1-6-3(5)4(7)8-2;;/h7H,1-2H3;;. The Hall–Kier alpha value is 0.970. The van der Waals surface area contributed by atoms with E-state index in [4.69, 9.17) is 0 Å². The van der Waals surface area contributed by atoms with E-state index in [1.54, 1.807) is 6.26 Å². The van der Waals surface area contributed by atoms with Crippen LogP contribution in [0.25, 0.3) is 0 Å². The molecule has 0 fully saturated rings. The van der Waals surface area contributed by atoms with Crippen molar-refractivity contribution in [3.63, 3.8) is 0 Å². The van der Waals surface area contributed by atoms with Gasteiger partial charge in [0.2, 0.25) is 0 Å². The molecule has 0 aromatic carbocycles. The zero-order valence-corrected chi connectivity index (χ0v) is 6.33. The van der Waals surface area contributed by atoms with Gasteiger partial charge in [-0.15, -0.1) is 0 Å². The minimum atomic E-state index is -0.458. The molecule has 50 valence electrons. The van der Waals surface area contributed by atoms with Crippen LogP contribution in [0.4, 0.5) is 4.79 Å². The number of amides is 1. The first-order valence-corrected chi connectivity index (χ1v) is 3.41. The molecule has 0 aromatic rings. The molecular formula is C3H8NNaO2S2. The minimum absolute atomic E-state index is 0. The molecule has 6 heteroatoms. The second-order valence-corrected chi connectivity index (χ2v) is 2.33. The molecule has 0 saturated heterocycles. The summed E-state index contributed by atoms with van der Waals surface area (Å²) < 4.78 is 5.39. The average molecular weight is 177 g/mol. The molecule has 0 aromatic heterocycles. The number of thiol groups is 1. The van der Waals surface area contributed by atoms with Crippen molar-refractivity contribution in [1.29, 1.82) is 0 Å².